The minimum atomic E-state index is -1.01. The van der Waals surface area contributed by atoms with Crippen LogP contribution < -0.4 is 4.74 Å². The molecule has 0 bridgehead atoms. The first-order valence-corrected chi connectivity index (χ1v) is 7.58. The standard InChI is InChI=1S/C12H12Cl2N2O2S.ClH/c13-8-1-2-10(9(14)5-8)18-6-12(17)7-19-11-15-3-4-16(11)12;/h1-2,5,17H,3-4,6-7H2;1H. The fourth-order valence-electron chi connectivity index (χ4n) is 2.10. The number of benzene rings is 1. The number of fused-ring (bicyclic) bond motifs is 1. The Labute approximate surface area is 137 Å². The lowest BCUT2D eigenvalue weighted by Gasteiger charge is -2.31. The lowest BCUT2D eigenvalue weighted by Crippen LogP contribution is -2.51. The van der Waals surface area contributed by atoms with Crippen molar-refractivity contribution in [2.24, 2.45) is 4.99 Å². The molecule has 4 nitrogen and oxygen atoms in total. The molecule has 1 saturated heterocycles. The molecule has 110 valence electrons. The summed E-state index contributed by atoms with van der Waals surface area (Å²) < 4.78 is 5.64. The van der Waals surface area contributed by atoms with Gasteiger partial charge in [-0.1, -0.05) is 35.0 Å². The molecule has 0 spiro atoms. The summed E-state index contributed by atoms with van der Waals surface area (Å²) in [4.78, 5) is 6.21. The van der Waals surface area contributed by atoms with Crippen LogP contribution in [0.1, 0.15) is 0 Å². The number of hydrogen-bond acceptors (Lipinski definition) is 5. The van der Waals surface area contributed by atoms with Crippen molar-refractivity contribution in [1.29, 1.82) is 0 Å². The second-order valence-electron chi connectivity index (χ2n) is 4.45. The van der Waals surface area contributed by atoms with Crippen LogP contribution in [0.3, 0.4) is 0 Å². The normalized spacial score (nSPS) is 24.1. The summed E-state index contributed by atoms with van der Waals surface area (Å²) in [5, 5.41) is 12.5. The maximum Gasteiger partial charge on any atom is 0.184 e. The quantitative estimate of drug-likeness (QED) is 0.905. The highest BCUT2D eigenvalue weighted by atomic mass is 35.5. The van der Waals surface area contributed by atoms with E-state index in [1.165, 1.54) is 0 Å². The van der Waals surface area contributed by atoms with Crippen LogP contribution in [-0.4, -0.2) is 46.3 Å². The van der Waals surface area contributed by atoms with Gasteiger partial charge in [0.2, 0.25) is 0 Å². The van der Waals surface area contributed by atoms with Crippen molar-refractivity contribution in [3.63, 3.8) is 0 Å². The number of halogens is 3. The Morgan fingerprint density at radius 2 is 2.25 bits per heavy atom. The fraction of sp³-hybridized carbons (Fsp3) is 0.417. The van der Waals surface area contributed by atoms with E-state index in [-0.39, 0.29) is 19.0 Å². The van der Waals surface area contributed by atoms with E-state index in [0.29, 0.717) is 21.5 Å². The summed E-state index contributed by atoms with van der Waals surface area (Å²) >= 11 is 13.4. The number of thioether (sulfide) groups is 1. The molecule has 3 rings (SSSR count). The number of nitrogens with zero attached hydrogens (tertiary/aromatic N) is 2. The second-order valence-corrected chi connectivity index (χ2v) is 6.24. The van der Waals surface area contributed by atoms with Crippen LogP contribution in [0, 0.1) is 0 Å². The van der Waals surface area contributed by atoms with Crippen LogP contribution in [-0.2, 0) is 0 Å². The molecule has 1 aromatic carbocycles. The van der Waals surface area contributed by atoms with Crippen molar-refractivity contribution in [1.82, 2.24) is 4.90 Å². The van der Waals surface area contributed by atoms with Crippen LogP contribution in [0.4, 0.5) is 0 Å². The molecule has 1 fully saturated rings. The highest BCUT2D eigenvalue weighted by Gasteiger charge is 2.45. The molecule has 0 saturated carbocycles. The molecule has 8 heteroatoms. The molecule has 1 aromatic rings. The van der Waals surface area contributed by atoms with Crippen LogP contribution >= 0.6 is 47.4 Å². The number of aliphatic imine (C=N–C) groups is 1. The number of rotatable bonds is 3. The van der Waals surface area contributed by atoms with Crippen molar-refractivity contribution in [3.8, 4) is 5.75 Å². The largest absolute Gasteiger partial charge is 0.487 e. The van der Waals surface area contributed by atoms with Gasteiger partial charge < -0.3 is 14.7 Å². The van der Waals surface area contributed by atoms with Gasteiger partial charge in [0, 0.05) is 11.6 Å². The first-order chi connectivity index (χ1) is 9.08. The van der Waals surface area contributed by atoms with Gasteiger partial charge in [0.05, 0.1) is 17.3 Å². The summed E-state index contributed by atoms with van der Waals surface area (Å²) in [6, 6.07) is 5.03. The van der Waals surface area contributed by atoms with Gasteiger partial charge >= 0.3 is 0 Å². The van der Waals surface area contributed by atoms with E-state index in [2.05, 4.69) is 4.99 Å². The Morgan fingerprint density at radius 1 is 1.45 bits per heavy atom. The smallest absolute Gasteiger partial charge is 0.184 e. The Hall–Kier alpha value is -0.330. The predicted octanol–water partition coefficient (Wildman–Crippen LogP) is 2.90. The van der Waals surface area contributed by atoms with Crippen LogP contribution in [0.25, 0.3) is 0 Å². The molecule has 0 radical (unpaired) electrons. The van der Waals surface area contributed by atoms with Crippen LogP contribution in [0.2, 0.25) is 10.0 Å². The third kappa shape index (κ3) is 2.97. The summed E-state index contributed by atoms with van der Waals surface area (Å²) in [6.07, 6.45) is 0. The molecule has 1 unspecified atom stereocenters. The lowest BCUT2D eigenvalue weighted by molar-refractivity contribution is -0.0694. The maximum atomic E-state index is 10.6. The molecule has 0 amide bonds. The van der Waals surface area contributed by atoms with E-state index >= 15 is 0 Å². The van der Waals surface area contributed by atoms with Crippen molar-refractivity contribution < 1.29 is 9.84 Å². The zero-order valence-corrected chi connectivity index (χ0v) is 13.5. The van der Waals surface area contributed by atoms with Gasteiger partial charge in [-0.25, -0.2) is 0 Å². The van der Waals surface area contributed by atoms with Gasteiger partial charge in [0.1, 0.15) is 12.4 Å². The molecule has 2 aliphatic heterocycles. The highest BCUT2D eigenvalue weighted by Crippen LogP contribution is 2.35. The van der Waals surface area contributed by atoms with E-state index in [1.54, 1.807) is 30.0 Å². The van der Waals surface area contributed by atoms with Crippen molar-refractivity contribution in [3.05, 3.63) is 28.2 Å². The van der Waals surface area contributed by atoms with Gasteiger partial charge in [-0.05, 0) is 18.2 Å². The van der Waals surface area contributed by atoms with E-state index < -0.39 is 5.72 Å². The molecular weight excluding hydrogens is 343 g/mol. The van der Waals surface area contributed by atoms with E-state index in [9.17, 15) is 5.11 Å². The SMILES string of the molecule is Cl.OC1(COc2ccc(Cl)cc2Cl)CSC2=NCCN21. The predicted molar refractivity (Wildman–Crippen MR) is 85.6 cm³/mol. The Bertz CT molecular complexity index is 543. The zero-order chi connectivity index (χ0) is 13.5. The molecule has 1 N–H and O–H groups in total. The Morgan fingerprint density at radius 3 is 3.00 bits per heavy atom. The van der Waals surface area contributed by atoms with Gasteiger partial charge in [-0.2, -0.15) is 0 Å². The molecule has 0 aromatic heterocycles. The summed E-state index contributed by atoms with van der Waals surface area (Å²) in [5.41, 5.74) is -1.01. The molecule has 2 heterocycles. The van der Waals surface area contributed by atoms with Gasteiger partial charge in [-0.15, -0.1) is 12.4 Å². The van der Waals surface area contributed by atoms with Crippen molar-refractivity contribution >= 4 is 52.5 Å². The Balaban J connectivity index is 0.00000147. The number of aliphatic hydroxyl groups is 1. The summed E-state index contributed by atoms with van der Waals surface area (Å²) in [7, 11) is 0. The van der Waals surface area contributed by atoms with Crippen molar-refractivity contribution in [2.45, 2.75) is 5.72 Å². The molecular formula is C12H13Cl3N2O2S. The lowest BCUT2D eigenvalue weighted by atomic mass is 10.2. The van der Waals surface area contributed by atoms with Gasteiger partial charge in [-0.3, -0.25) is 4.99 Å². The number of ether oxygens (including phenoxy) is 1. The minimum Gasteiger partial charge on any atom is -0.487 e. The van der Waals surface area contributed by atoms with E-state index in [4.69, 9.17) is 27.9 Å². The number of hydrogen-bond donors (Lipinski definition) is 1. The fourth-order valence-corrected chi connectivity index (χ4v) is 3.76. The second kappa shape index (κ2) is 6.20. The Kier molecular flexibility index (Phi) is 4.97. The average Bonchev–Trinajstić information content (AvgIpc) is 2.94. The molecule has 1 atom stereocenters. The van der Waals surface area contributed by atoms with Gasteiger partial charge in [0.15, 0.2) is 10.9 Å². The van der Waals surface area contributed by atoms with Crippen LogP contribution in [0.5, 0.6) is 5.75 Å². The van der Waals surface area contributed by atoms with E-state index in [1.807, 2.05) is 4.90 Å². The van der Waals surface area contributed by atoms with Crippen LogP contribution in [0.15, 0.2) is 23.2 Å². The third-order valence-electron chi connectivity index (χ3n) is 3.09. The monoisotopic (exact) mass is 354 g/mol. The maximum absolute atomic E-state index is 10.6. The third-order valence-corrected chi connectivity index (χ3v) is 4.83. The van der Waals surface area contributed by atoms with Gasteiger partial charge in [0.25, 0.3) is 0 Å². The summed E-state index contributed by atoms with van der Waals surface area (Å²) in [6.45, 7) is 1.61. The van der Waals surface area contributed by atoms with E-state index in [0.717, 1.165) is 18.3 Å². The topological polar surface area (TPSA) is 45.1 Å². The molecule has 0 aliphatic carbocycles. The molecule has 20 heavy (non-hydrogen) atoms. The first-order valence-electron chi connectivity index (χ1n) is 5.84. The molecule has 2 aliphatic rings. The average molecular weight is 356 g/mol. The first kappa shape index (κ1) is 16.0. The van der Waals surface area contributed by atoms with Crippen molar-refractivity contribution in [2.75, 3.05) is 25.4 Å². The summed E-state index contributed by atoms with van der Waals surface area (Å²) in [5.74, 6) is 1.07. The number of amidine groups is 1. The highest BCUT2D eigenvalue weighted by molar-refractivity contribution is 8.14. The zero-order valence-electron chi connectivity index (χ0n) is 10.4. The minimum absolute atomic E-state index is 0.